The Labute approximate surface area is 122 Å². The van der Waals surface area contributed by atoms with Gasteiger partial charge < -0.3 is 5.11 Å². The molecule has 2 heteroatoms. The summed E-state index contributed by atoms with van der Waals surface area (Å²) in [6.45, 7) is 10.4. The summed E-state index contributed by atoms with van der Waals surface area (Å²) in [4.78, 5) is 2.55. The number of aliphatic hydroxyl groups excluding tert-OH is 1. The first kappa shape index (κ1) is 15.1. The van der Waals surface area contributed by atoms with E-state index in [1.807, 2.05) is 12.1 Å². The smallest absolute Gasteiger partial charge is 0.104 e. The van der Waals surface area contributed by atoms with Crippen LogP contribution in [0.5, 0.6) is 0 Å². The predicted octanol–water partition coefficient (Wildman–Crippen LogP) is 2.90. The second-order valence-corrected chi connectivity index (χ2v) is 6.74. The van der Waals surface area contributed by atoms with Gasteiger partial charge in [-0.3, -0.25) is 4.90 Å². The minimum absolute atomic E-state index is 0.0796. The normalized spacial score (nSPS) is 19.7. The highest BCUT2D eigenvalue weighted by atomic mass is 16.2. The van der Waals surface area contributed by atoms with Gasteiger partial charge in [0.2, 0.25) is 0 Å². The third kappa shape index (κ3) is 4.10. The van der Waals surface area contributed by atoms with Crippen LogP contribution in [0.1, 0.15) is 38.3 Å². The quantitative estimate of drug-likeness (QED) is 0.836. The minimum Gasteiger partial charge on any atom is -0.384 e. The lowest BCUT2D eigenvalue weighted by Gasteiger charge is -2.27. The molecule has 0 aliphatic carbocycles. The summed E-state index contributed by atoms with van der Waals surface area (Å²) < 4.78 is 0. The van der Waals surface area contributed by atoms with Gasteiger partial charge >= 0.3 is 0 Å². The molecule has 1 aromatic carbocycles. The first-order valence-electron chi connectivity index (χ1n) is 7.40. The first-order valence-corrected chi connectivity index (χ1v) is 7.40. The zero-order valence-corrected chi connectivity index (χ0v) is 12.8. The molecule has 0 spiro atoms. The molecule has 0 aromatic heterocycles. The Bertz CT molecular complexity index is 487. The molecule has 0 saturated carbocycles. The van der Waals surface area contributed by atoms with Crippen LogP contribution < -0.4 is 0 Å². The van der Waals surface area contributed by atoms with Gasteiger partial charge in [-0.25, -0.2) is 0 Å². The Balaban J connectivity index is 1.91. The van der Waals surface area contributed by atoms with Crippen LogP contribution >= 0.6 is 0 Å². The van der Waals surface area contributed by atoms with Gasteiger partial charge in [0, 0.05) is 18.7 Å². The SMILES string of the molecule is CC(C)(C)C1CCN(Cc2ccc(C#CCO)cc2)C1. The second kappa shape index (κ2) is 6.43. The van der Waals surface area contributed by atoms with E-state index < -0.39 is 0 Å². The van der Waals surface area contributed by atoms with E-state index in [2.05, 4.69) is 49.6 Å². The van der Waals surface area contributed by atoms with Gasteiger partial charge in [-0.15, -0.1) is 0 Å². The van der Waals surface area contributed by atoms with Gasteiger partial charge in [0.15, 0.2) is 0 Å². The van der Waals surface area contributed by atoms with Crippen molar-refractivity contribution in [3.8, 4) is 11.8 Å². The van der Waals surface area contributed by atoms with Crippen LogP contribution in [0.2, 0.25) is 0 Å². The van der Waals surface area contributed by atoms with Crippen molar-refractivity contribution in [1.29, 1.82) is 0 Å². The largest absolute Gasteiger partial charge is 0.384 e. The van der Waals surface area contributed by atoms with E-state index in [1.54, 1.807) is 0 Å². The number of benzene rings is 1. The maximum atomic E-state index is 8.68. The number of aliphatic hydroxyl groups is 1. The van der Waals surface area contributed by atoms with Gasteiger partial charge in [-0.2, -0.15) is 0 Å². The summed E-state index contributed by atoms with van der Waals surface area (Å²) >= 11 is 0. The van der Waals surface area contributed by atoms with E-state index in [0.29, 0.717) is 5.41 Å². The lowest BCUT2D eigenvalue weighted by Crippen LogP contribution is -2.25. The molecule has 1 aliphatic rings. The van der Waals surface area contributed by atoms with E-state index >= 15 is 0 Å². The molecule has 2 nitrogen and oxygen atoms in total. The van der Waals surface area contributed by atoms with Crippen LogP contribution in [-0.4, -0.2) is 29.7 Å². The lowest BCUT2D eigenvalue weighted by atomic mass is 9.80. The summed E-state index contributed by atoms with van der Waals surface area (Å²) in [5.41, 5.74) is 2.73. The van der Waals surface area contributed by atoms with Crippen molar-refractivity contribution >= 4 is 0 Å². The molecular weight excluding hydrogens is 246 g/mol. The molecule has 1 aliphatic heterocycles. The van der Waals surface area contributed by atoms with Crippen LogP contribution in [0.25, 0.3) is 0 Å². The Morgan fingerprint density at radius 2 is 1.95 bits per heavy atom. The van der Waals surface area contributed by atoms with Crippen molar-refractivity contribution in [2.75, 3.05) is 19.7 Å². The monoisotopic (exact) mass is 271 g/mol. The highest BCUT2D eigenvalue weighted by molar-refractivity contribution is 5.36. The third-order valence-corrected chi connectivity index (χ3v) is 4.17. The Morgan fingerprint density at radius 1 is 1.25 bits per heavy atom. The second-order valence-electron chi connectivity index (χ2n) is 6.74. The zero-order chi connectivity index (χ0) is 14.6. The fourth-order valence-corrected chi connectivity index (χ4v) is 2.78. The summed E-state index contributed by atoms with van der Waals surface area (Å²) in [7, 11) is 0. The van der Waals surface area contributed by atoms with E-state index in [0.717, 1.165) is 18.0 Å². The Hall–Kier alpha value is -1.30. The summed E-state index contributed by atoms with van der Waals surface area (Å²) in [6.07, 6.45) is 1.31. The standard InChI is InChI=1S/C18H25NO/c1-18(2,3)17-10-11-19(14-17)13-16-8-6-15(7-9-16)5-4-12-20/h6-9,17,20H,10-14H2,1-3H3. The molecular formula is C18H25NO. The van der Waals surface area contributed by atoms with Crippen LogP contribution in [-0.2, 0) is 6.54 Å². The van der Waals surface area contributed by atoms with Crippen molar-refractivity contribution < 1.29 is 5.11 Å². The van der Waals surface area contributed by atoms with Gasteiger partial charge in [-0.05, 0) is 42.0 Å². The topological polar surface area (TPSA) is 23.5 Å². The zero-order valence-electron chi connectivity index (χ0n) is 12.8. The fraction of sp³-hybridized carbons (Fsp3) is 0.556. The van der Waals surface area contributed by atoms with Crippen LogP contribution in [0.4, 0.5) is 0 Å². The molecule has 1 saturated heterocycles. The van der Waals surface area contributed by atoms with Gasteiger partial charge in [0.25, 0.3) is 0 Å². The Morgan fingerprint density at radius 3 is 2.50 bits per heavy atom. The first-order chi connectivity index (χ1) is 9.49. The maximum absolute atomic E-state index is 8.68. The van der Waals surface area contributed by atoms with E-state index in [9.17, 15) is 0 Å². The average molecular weight is 271 g/mol. The van der Waals surface area contributed by atoms with Crippen molar-refractivity contribution in [3.05, 3.63) is 35.4 Å². The summed E-state index contributed by atoms with van der Waals surface area (Å²) in [6, 6.07) is 8.36. The van der Waals surface area contributed by atoms with E-state index in [-0.39, 0.29) is 6.61 Å². The molecule has 1 unspecified atom stereocenters. The predicted molar refractivity (Wildman–Crippen MR) is 83.2 cm³/mol. The van der Waals surface area contributed by atoms with Crippen LogP contribution in [0.3, 0.4) is 0 Å². The number of rotatable bonds is 2. The van der Waals surface area contributed by atoms with Gasteiger partial charge in [0.1, 0.15) is 6.61 Å². The van der Waals surface area contributed by atoms with Crippen LogP contribution in [0.15, 0.2) is 24.3 Å². The number of hydrogen-bond donors (Lipinski definition) is 1. The number of hydrogen-bond acceptors (Lipinski definition) is 2. The number of likely N-dealkylation sites (tertiary alicyclic amines) is 1. The van der Waals surface area contributed by atoms with Gasteiger partial charge in [0.05, 0.1) is 0 Å². The summed E-state index contributed by atoms with van der Waals surface area (Å²) in [5, 5.41) is 8.68. The highest BCUT2D eigenvalue weighted by Gasteiger charge is 2.31. The highest BCUT2D eigenvalue weighted by Crippen LogP contribution is 2.34. The molecule has 0 bridgehead atoms. The Kier molecular flexibility index (Phi) is 4.86. The molecule has 1 N–H and O–H groups in total. The maximum Gasteiger partial charge on any atom is 0.104 e. The molecule has 0 amide bonds. The average Bonchev–Trinajstić information content (AvgIpc) is 2.86. The van der Waals surface area contributed by atoms with Crippen LogP contribution in [0, 0.1) is 23.2 Å². The molecule has 20 heavy (non-hydrogen) atoms. The van der Waals surface area contributed by atoms with Crippen molar-refractivity contribution in [2.24, 2.45) is 11.3 Å². The van der Waals surface area contributed by atoms with Gasteiger partial charge in [-0.1, -0.05) is 44.7 Å². The lowest BCUT2D eigenvalue weighted by molar-refractivity contribution is 0.226. The third-order valence-electron chi connectivity index (χ3n) is 4.17. The molecule has 2 rings (SSSR count). The molecule has 1 aromatic rings. The van der Waals surface area contributed by atoms with Crippen molar-refractivity contribution in [1.82, 2.24) is 4.90 Å². The minimum atomic E-state index is -0.0796. The number of nitrogens with zero attached hydrogens (tertiary/aromatic N) is 1. The van der Waals surface area contributed by atoms with Crippen molar-refractivity contribution in [3.63, 3.8) is 0 Å². The van der Waals surface area contributed by atoms with E-state index in [1.165, 1.54) is 25.1 Å². The molecule has 0 radical (unpaired) electrons. The molecule has 108 valence electrons. The van der Waals surface area contributed by atoms with E-state index in [4.69, 9.17) is 5.11 Å². The summed E-state index contributed by atoms with van der Waals surface area (Å²) in [5.74, 6) is 6.41. The molecule has 1 atom stereocenters. The fourth-order valence-electron chi connectivity index (χ4n) is 2.78. The molecule has 1 heterocycles. The molecule has 1 fully saturated rings. The van der Waals surface area contributed by atoms with Crippen molar-refractivity contribution in [2.45, 2.75) is 33.7 Å².